The first-order valence-electron chi connectivity index (χ1n) is 6.96. The molecule has 0 saturated heterocycles. The summed E-state index contributed by atoms with van der Waals surface area (Å²) in [6.45, 7) is 16.7. The lowest BCUT2D eigenvalue weighted by atomic mass is 10.1. The summed E-state index contributed by atoms with van der Waals surface area (Å²) in [5, 5.41) is 3.31. The van der Waals surface area contributed by atoms with Crippen LogP contribution in [0.15, 0.2) is 0 Å². The van der Waals surface area contributed by atoms with Crippen molar-refractivity contribution in [1.29, 1.82) is 0 Å². The summed E-state index contributed by atoms with van der Waals surface area (Å²) in [6, 6.07) is 0. The molecule has 0 aliphatic carbocycles. The van der Waals surface area contributed by atoms with Gasteiger partial charge < -0.3 is 15.0 Å². The third-order valence-corrected chi connectivity index (χ3v) is 2.76. The molecule has 4 nitrogen and oxygen atoms in total. The van der Waals surface area contributed by atoms with Gasteiger partial charge in [0.2, 0.25) is 0 Å². The molecule has 0 saturated carbocycles. The Morgan fingerprint density at radius 2 is 1.83 bits per heavy atom. The molecule has 18 heavy (non-hydrogen) atoms. The predicted octanol–water partition coefficient (Wildman–Crippen LogP) is 1.90. The topological polar surface area (TPSA) is 41.6 Å². The maximum absolute atomic E-state index is 11.7. The lowest BCUT2D eigenvalue weighted by Crippen LogP contribution is -2.36. The fourth-order valence-corrected chi connectivity index (χ4v) is 1.58. The quantitative estimate of drug-likeness (QED) is 0.533. The third-order valence-electron chi connectivity index (χ3n) is 2.76. The molecule has 0 heterocycles. The van der Waals surface area contributed by atoms with Crippen LogP contribution in [0.4, 0.5) is 0 Å². The Kier molecular flexibility index (Phi) is 8.20. The first-order valence-corrected chi connectivity index (χ1v) is 6.96. The highest BCUT2D eigenvalue weighted by molar-refractivity contribution is 5.72. The molecule has 0 aromatic rings. The predicted molar refractivity (Wildman–Crippen MR) is 75.7 cm³/mol. The third kappa shape index (κ3) is 8.48. The smallest absolute Gasteiger partial charge is 0.310 e. The largest absolute Gasteiger partial charge is 0.460 e. The van der Waals surface area contributed by atoms with Crippen LogP contribution in [0.1, 0.15) is 41.5 Å². The molecule has 0 fully saturated rings. The van der Waals surface area contributed by atoms with E-state index in [1.807, 2.05) is 27.7 Å². The number of hydrogen-bond acceptors (Lipinski definition) is 4. The summed E-state index contributed by atoms with van der Waals surface area (Å²) < 4.78 is 5.33. The maximum Gasteiger partial charge on any atom is 0.310 e. The number of likely N-dealkylation sites (N-methyl/N-ethyl adjacent to an activating group) is 1. The van der Waals surface area contributed by atoms with Crippen LogP contribution >= 0.6 is 0 Å². The van der Waals surface area contributed by atoms with E-state index in [9.17, 15) is 4.79 Å². The van der Waals surface area contributed by atoms with Crippen LogP contribution in [-0.4, -0.2) is 49.2 Å². The van der Waals surface area contributed by atoms with E-state index in [0.717, 1.165) is 26.2 Å². The van der Waals surface area contributed by atoms with Crippen molar-refractivity contribution in [3.63, 3.8) is 0 Å². The number of rotatable bonds is 8. The Morgan fingerprint density at radius 1 is 1.28 bits per heavy atom. The minimum Gasteiger partial charge on any atom is -0.460 e. The Labute approximate surface area is 112 Å². The summed E-state index contributed by atoms with van der Waals surface area (Å²) in [4.78, 5) is 14.1. The first kappa shape index (κ1) is 17.4. The molecule has 0 spiro atoms. The van der Waals surface area contributed by atoms with Gasteiger partial charge in [-0.25, -0.2) is 0 Å². The van der Waals surface area contributed by atoms with Gasteiger partial charge in [0, 0.05) is 19.6 Å². The van der Waals surface area contributed by atoms with Gasteiger partial charge in [-0.2, -0.15) is 0 Å². The van der Waals surface area contributed by atoms with E-state index < -0.39 is 5.60 Å². The van der Waals surface area contributed by atoms with E-state index >= 15 is 0 Å². The van der Waals surface area contributed by atoms with Crippen LogP contribution in [0, 0.1) is 5.92 Å². The molecule has 1 N–H and O–H groups in total. The highest BCUT2D eigenvalue weighted by Gasteiger charge is 2.21. The van der Waals surface area contributed by atoms with E-state index in [4.69, 9.17) is 4.74 Å². The van der Waals surface area contributed by atoms with Gasteiger partial charge in [0.15, 0.2) is 0 Å². The van der Waals surface area contributed by atoms with Crippen LogP contribution in [0.5, 0.6) is 0 Å². The minimum atomic E-state index is -0.396. The van der Waals surface area contributed by atoms with Crippen LogP contribution < -0.4 is 5.32 Å². The van der Waals surface area contributed by atoms with E-state index in [1.165, 1.54) is 0 Å². The average Bonchev–Trinajstić information content (AvgIpc) is 2.26. The highest BCUT2D eigenvalue weighted by Crippen LogP contribution is 2.10. The Hall–Kier alpha value is -0.610. The zero-order valence-electron chi connectivity index (χ0n) is 12.9. The summed E-state index contributed by atoms with van der Waals surface area (Å²) in [7, 11) is 0. The molecular formula is C14H30N2O2. The van der Waals surface area contributed by atoms with Crippen molar-refractivity contribution >= 4 is 5.97 Å². The standard InChI is InChI=1S/C14H30N2O2/c1-7-16(8-2)10-9-15-11-12(3)13(17)18-14(4,5)6/h12,15H,7-11H2,1-6H3/t12-/m0/s1. The maximum atomic E-state index is 11.7. The monoisotopic (exact) mass is 258 g/mol. The zero-order valence-corrected chi connectivity index (χ0v) is 12.9. The van der Waals surface area contributed by atoms with Crippen molar-refractivity contribution in [2.24, 2.45) is 5.92 Å². The molecular weight excluding hydrogens is 228 g/mol. The minimum absolute atomic E-state index is 0.0964. The van der Waals surface area contributed by atoms with E-state index in [0.29, 0.717) is 6.54 Å². The molecule has 0 radical (unpaired) electrons. The molecule has 0 rings (SSSR count). The highest BCUT2D eigenvalue weighted by atomic mass is 16.6. The summed E-state index contributed by atoms with van der Waals surface area (Å²) >= 11 is 0. The number of hydrogen-bond donors (Lipinski definition) is 1. The number of esters is 1. The SMILES string of the molecule is CCN(CC)CCNC[C@H](C)C(=O)OC(C)(C)C. The Morgan fingerprint density at radius 3 is 2.28 bits per heavy atom. The van der Waals surface area contributed by atoms with Gasteiger partial charge in [-0.3, -0.25) is 4.79 Å². The van der Waals surface area contributed by atoms with E-state index in [1.54, 1.807) is 0 Å². The van der Waals surface area contributed by atoms with Crippen molar-refractivity contribution in [1.82, 2.24) is 10.2 Å². The van der Waals surface area contributed by atoms with Crippen LogP contribution in [-0.2, 0) is 9.53 Å². The summed E-state index contributed by atoms with van der Waals surface area (Å²) in [5.41, 5.74) is -0.396. The van der Waals surface area contributed by atoms with Gasteiger partial charge in [0.25, 0.3) is 0 Å². The van der Waals surface area contributed by atoms with Gasteiger partial charge in [-0.1, -0.05) is 20.8 Å². The molecule has 0 aliphatic rings. The van der Waals surface area contributed by atoms with Crippen molar-refractivity contribution < 1.29 is 9.53 Å². The normalized spacial score (nSPS) is 13.7. The van der Waals surface area contributed by atoms with E-state index in [-0.39, 0.29) is 11.9 Å². The lowest BCUT2D eigenvalue weighted by molar-refractivity contribution is -0.159. The van der Waals surface area contributed by atoms with Crippen molar-refractivity contribution in [2.45, 2.75) is 47.1 Å². The van der Waals surface area contributed by atoms with Crippen molar-refractivity contribution in [2.75, 3.05) is 32.7 Å². The fourth-order valence-electron chi connectivity index (χ4n) is 1.58. The molecule has 1 atom stereocenters. The van der Waals surface area contributed by atoms with E-state index in [2.05, 4.69) is 24.1 Å². The second kappa shape index (κ2) is 8.48. The molecule has 108 valence electrons. The van der Waals surface area contributed by atoms with Crippen molar-refractivity contribution in [3.8, 4) is 0 Å². The molecule has 0 aromatic carbocycles. The fraction of sp³-hybridized carbons (Fsp3) is 0.929. The van der Waals surface area contributed by atoms with Crippen molar-refractivity contribution in [3.05, 3.63) is 0 Å². The number of carbonyl (C=O) groups excluding carboxylic acids is 1. The van der Waals surface area contributed by atoms with Gasteiger partial charge in [-0.15, -0.1) is 0 Å². The average molecular weight is 258 g/mol. The molecule has 4 heteroatoms. The number of ether oxygens (including phenoxy) is 1. The Bertz CT molecular complexity index is 232. The molecule has 0 amide bonds. The second-order valence-corrected chi connectivity index (χ2v) is 5.67. The first-order chi connectivity index (χ1) is 8.30. The van der Waals surface area contributed by atoms with Gasteiger partial charge in [0.05, 0.1) is 5.92 Å². The van der Waals surface area contributed by atoms with Crippen LogP contribution in [0.25, 0.3) is 0 Å². The number of carbonyl (C=O) groups is 1. The second-order valence-electron chi connectivity index (χ2n) is 5.67. The van der Waals surface area contributed by atoms with Crippen LogP contribution in [0.2, 0.25) is 0 Å². The van der Waals surface area contributed by atoms with Gasteiger partial charge >= 0.3 is 5.97 Å². The molecule has 0 aliphatic heterocycles. The zero-order chi connectivity index (χ0) is 14.2. The lowest BCUT2D eigenvalue weighted by Gasteiger charge is -2.23. The van der Waals surface area contributed by atoms with Gasteiger partial charge in [0.1, 0.15) is 5.60 Å². The van der Waals surface area contributed by atoms with Crippen LogP contribution in [0.3, 0.4) is 0 Å². The molecule has 0 unspecified atom stereocenters. The Balaban J connectivity index is 3.76. The van der Waals surface area contributed by atoms with Gasteiger partial charge in [-0.05, 0) is 33.9 Å². The molecule has 0 aromatic heterocycles. The molecule has 0 bridgehead atoms. The number of nitrogens with one attached hydrogen (secondary N) is 1. The summed E-state index contributed by atoms with van der Waals surface area (Å²) in [5.74, 6) is -0.223. The summed E-state index contributed by atoms with van der Waals surface area (Å²) in [6.07, 6.45) is 0. The number of nitrogens with zero attached hydrogens (tertiary/aromatic N) is 1.